The fraction of sp³-hybridized carbons (Fsp3) is 0.700. The number of hydrogen-bond acceptors (Lipinski definition) is 2. The van der Waals surface area contributed by atoms with E-state index in [1.165, 1.54) is 0 Å². The molecule has 1 aliphatic rings. The minimum absolute atomic E-state index is 0.0467. The second kappa shape index (κ2) is 4.26. The molecule has 0 saturated carbocycles. The van der Waals surface area contributed by atoms with E-state index in [0.717, 1.165) is 36.9 Å². The third kappa shape index (κ3) is 1.88. The molecule has 1 heterocycles. The lowest BCUT2D eigenvalue weighted by Gasteiger charge is -2.16. The van der Waals surface area contributed by atoms with Crippen molar-refractivity contribution in [1.82, 2.24) is 10.2 Å². The molecule has 15 heavy (non-hydrogen) atoms. The van der Waals surface area contributed by atoms with E-state index in [1.807, 2.05) is 0 Å². The van der Waals surface area contributed by atoms with E-state index in [1.54, 1.807) is 0 Å². The van der Waals surface area contributed by atoms with E-state index in [0.29, 0.717) is 5.69 Å². The van der Waals surface area contributed by atoms with Gasteiger partial charge in [0.05, 0.1) is 11.6 Å². The predicted octanol–water partition coefficient (Wildman–Crippen LogP) is 1.60. The second-order valence-corrected chi connectivity index (χ2v) is 3.95. The molecule has 5 heteroatoms. The smallest absolute Gasteiger partial charge is 0.248 e. The highest BCUT2D eigenvalue weighted by Gasteiger charge is 2.28. The van der Waals surface area contributed by atoms with Gasteiger partial charge >= 0.3 is 0 Å². The highest BCUT2D eigenvalue weighted by molar-refractivity contribution is 5.30. The van der Waals surface area contributed by atoms with Crippen LogP contribution < -0.4 is 5.73 Å². The van der Waals surface area contributed by atoms with Crippen LogP contribution in [0, 0.1) is 0 Å². The predicted molar refractivity (Wildman–Crippen MR) is 53.0 cm³/mol. The Hall–Kier alpha value is -0.970. The summed E-state index contributed by atoms with van der Waals surface area (Å²) in [5.41, 5.74) is 7.86. The van der Waals surface area contributed by atoms with Gasteiger partial charge in [-0.05, 0) is 31.2 Å². The number of nitrogens with zero attached hydrogens (tertiary/aromatic N) is 1. The Morgan fingerprint density at radius 2 is 2.07 bits per heavy atom. The van der Waals surface area contributed by atoms with Gasteiger partial charge in [0.25, 0.3) is 0 Å². The topological polar surface area (TPSA) is 54.7 Å². The molecule has 0 bridgehead atoms. The molecule has 0 aliphatic heterocycles. The monoisotopic (exact) mass is 215 g/mol. The van der Waals surface area contributed by atoms with Crippen molar-refractivity contribution in [3.63, 3.8) is 0 Å². The van der Waals surface area contributed by atoms with Gasteiger partial charge in [0.1, 0.15) is 0 Å². The third-order valence-corrected chi connectivity index (χ3v) is 3.00. The Morgan fingerprint density at radius 3 is 2.73 bits per heavy atom. The number of rotatable bonds is 3. The van der Waals surface area contributed by atoms with Crippen molar-refractivity contribution in [2.45, 2.75) is 38.0 Å². The van der Waals surface area contributed by atoms with Crippen LogP contribution in [0.3, 0.4) is 0 Å². The molecule has 2 rings (SSSR count). The number of hydrogen-bond donors (Lipinski definition) is 2. The number of H-pyrrole nitrogens is 1. The molecule has 0 spiro atoms. The summed E-state index contributed by atoms with van der Waals surface area (Å²) < 4.78 is 25.4. The molecule has 1 aromatic heterocycles. The molecule has 0 aromatic carbocycles. The van der Waals surface area contributed by atoms with E-state index in [4.69, 9.17) is 5.73 Å². The van der Waals surface area contributed by atoms with Gasteiger partial charge in [0.2, 0.25) is 6.43 Å². The molecule has 1 aliphatic carbocycles. The average molecular weight is 215 g/mol. The summed E-state index contributed by atoms with van der Waals surface area (Å²) in [5.74, 6) is -0.914. The quantitative estimate of drug-likeness (QED) is 0.804. The molecular weight excluding hydrogens is 200 g/mol. The largest absolute Gasteiger partial charge is 0.330 e. The fourth-order valence-electron chi connectivity index (χ4n) is 2.15. The van der Waals surface area contributed by atoms with Crippen molar-refractivity contribution in [2.24, 2.45) is 5.73 Å². The lowest BCUT2D eigenvalue weighted by molar-refractivity contribution is 0.115. The molecule has 3 nitrogen and oxygen atoms in total. The van der Waals surface area contributed by atoms with Crippen LogP contribution in [0.4, 0.5) is 8.78 Å². The SMILES string of the molecule is NCC(c1n[nH]c2c1CCCC2)C(F)F. The summed E-state index contributed by atoms with van der Waals surface area (Å²) in [4.78, 5) is 0. The molecule has 0 fully saturated rings. The van der Waals surface area contributed by atoms with Crippen LogP contribution in [-0.2, 0) is 12.8 Å². The highest BCUT2D eigenvalue weighted by atomic mass is 19.3. The zero-order chi connectivity index (χ0) is 10.8. The van der Waals surface area contributed by atoms with Gasteiger partial charge in [-0.1, -0.05) is 0 Å². The van der Waals surface area contributed by atoms with Crippen molar-refractivity contribution >= 4 is 0 Å². The summed E-state index contributed by atoms with van der Waals surface area (Å²) in [6.45, 7) is -0.0467. The Morgan fingerprint density at radius 1 is 1.33 bits per heavy atom. The Labute approximate surface area is 87.0 Å². The van der Waals surface area contributed by atoms with Crippen LogP contribution in [0.2, 0.25) is 0 Å². The van der Waals surface area contributed by atoms with Crippen LogP contribution in [0.5, 0.6) is 0 Å². The van der Waals surface area contributed by atoms with Gasteiger partial charge in [-0.25, -0.2) is 8.78 Å². The number of aryl methyl sites for hydroxylation is 1. The third-order valence-electron chi connectivity index (χ3n) is 3.00. The molecule has 84 valence electrons. The van der Waals surface area contributed by atoms with Gasteiger partial charge in [-0.3, -0.25) is 5.10 Å². The second-order valence-electron chi connectivity index (χ2n) is 3.95. The summed E-state index contributed by atoms with van der Waals surface area (Å²) in [7, 11) is 0. The van der Waals surface area contributed by atoms with Crippen LogP contribution >= 0.6 is 0 Å². The lowest BCUT2D eigenvalue weighted by Crippen LogP contribution is -2.21. The van der Waals surface area contributed by atoms with E-state index in [9.17, 15) is 8.78 Å². The molecule has 3 N–H and O–H groups in total. The van der Waals surface area contributed by atoms with Gasteiger partial charge in [-0.15, -0.1) is 0 Å². The molecule has 1 atom stereocenters. The Kier molecular flexibility index (Phi) is 3.00. The maximum Gasteiger partial charge on any atom is 0.248 e. The van der Waals surface area contributed by atoms with Gasteiger partial charge in [-0.2, -0.15) is 5.10 Å². The van der Waals surface area contributed by atoms with E-state index >= 15 is 0 Å². The zero-order valence-corrected chi connectivity index (χ0v) is 8.47. The molecule has 0 saturated heterocycles. The highest BCUT2D eigenvalue weighted by Crippen LogP contribution is 2.29. The number of nitrogens with one attached hydrogen (secondary N) is 1. The van der Waals surface area contributed by atoms with E-state index < -0.39 is 12.3 Å². The van der Waals surface area contributed by atoms with Gasteiger partial charge in [0, 0.05) is 12.2 Å². The number of halogens is 2. The summed E-state index contributed by atoms with van der Waals surface area (Å²) in [6.07, 6.45) is 1.51. The first-order valence-corrected chi connectivity index (χ1v) is 5.28. The van der Waals surface area contributed by atoms with Crippen molar-refractivity contribution in [3.8, 4) is 0 Å². The summed E-state index contributed by atoms with van der Waals surface area (Å²) >= 11 is 0. The van der Waals surface area contributed by atoms with Crippen molar-refractivity contribution in [1.29, 1.82) is 0 Å². The maximum atomic E-state index is 12.7. The number of aromatic nitrogens is 2. The first-order valence-electron chi connectivity index (χ1n) is 5.28. The fourth-order valence-corrected chi connectivity index (χ4v) is 2.15. The summed E-state index contributed by atoms with van der Waals surface area (Å²) in [6, 6.07) is 0. The zero-order valence-electron chi connectivity index (χ0n) is 8.47. The Bertz CT molecular complexity index is 335. The normalized spacial score (nSPS) is 17.9. The van der Waals surface area contributed by atoms with Crippen molar-refractivity contribution in [3.05, 3.63) is 17.0 Å². The van der Waals surface area contributed by atoms with Crippen LogP contribution in [0.1, 0.15) is 35.7 Å². The van der Waals surface area contributed by atoms with E-state index in [2.05, 4.69) is 10.2 Å². The molecule has 0 radical (unpaired) electrons. The number of alkyl halides is 2. The first kappa shape index (κ1) is 10.5. The minimum atomic E-state index is -2.43. The molecule has 0 amide bonds. The number of fused-ring (bicyclic) bond motifs is 1. The molecule has 1 unspecified atom stereocenters. The van der Waals surface area contributed by atoms with Crippen molar-refractivity contribution in [2.75, 3.05) is 6.54 Å². The summed E-state index contributed by atoms with van der Waals surface area (Å²) in [5, 5.41) is 6.86. The molecule has 1 aromatic rings. The van der Waals surface area contributed by atoms with Crippen molar-refractivity contribution < 1.29 is 8.78 Å². The minimum Gasteiger partial charge on any atom is -0.330 e. The standard InChI is InChI=1S/C10H15F2N3/c11-10(12)7(5-13)9-6-3-1-2-4-8(6)14-15-9/h7,10H,1-5,13H2,(H,14,15). The van der Waals surface area contributed by atoms with Crippen LogP contribution in [-0.4, -0.2) is 23.2 Å². The number of nitrogens with two attached hydrogens (primary N) is 1. The number of aromatic amines is 1. The molecular formula is C10H15F2N3. The Balaban J connectivity index is 2.31. The lowest BCUT2D eigenvalue weighted by atomic mass is 9.91. The maximum absolute atomic E-state index is 12.7. The average Bonchev–Trinajstić information content (AvgIpc) is 2.63. The van der Waals surface area contributed by atoms with E-state index in [-0.39, 0.29) is 6.54 Å². The van der Waals surface area contributed by atoms with Gasteiger partial charge in [0.15, 0.2) is 0 Å². The van der Waals surface area contributed by atoms with Crippen LogP contribution in [0.15, 0.2) is 0 Å². The first-order chi connectivity index (χ1) is 7.24. The van der Waals surface area contributed by atoms with Crippen LogP contribution in [0.25, 0.3) is 0 Å². The van der Waals surface area contributed by atoms with Gasteiger partial charge < -0.3 is 5.73 Å².